The molecule has 1 amide bonds. The Hall–Kier alpha value is -2.18. The summed E-state index contributed by atoms with van der Waals surface area (Å²) in [6.45, 7) is 3.32. The summed E-state index contributed by atoms with van der Waals surface area (Å²) < 4.78 is 27.4. The predicted molar refractivity (Wildman–Crippen MR) is 105 cm³/mol. The molecular weight excluding hydrogens is 360 g/mol. The van der Waals surface area contributed by atoms with Crippen LogP contribution < -0.4 is 4.90 Å². The third-order valence-corrected chi connectivity index (χ3v) is 7.73. The van der Waals surface area contributed by atoms with Crippen molar-refractivity contribution in [2.45, 2.75) is 31.1 Å². The van der Waals surface area contributed by atoms with E-state index in [1.807, 2.05) is 42.2 Å². The minimum absolute atomic E-state index is 0.112. The second-order valence-corrected chi connectivity index (χ2v) is 9.22. The van der Waals surface area contributed by atoms with E-state index in [4.69, 9.17) is 0 Å². The standard InChI is InChI=1S/C21H24N2O3S/c1-16-6-2-5-9-20(16)27(25,26)22-13-10-18(11-14-22)21(24)23-15-12-17-7-3-4-8-19(17)23/h2-9,18H,10-15H2,1H3. The van der Waals surface area contributed by atoms with Crippen LogP contribution in [0.4, 0.5) is 5.69 Å². The summed E-state index contributed by atoms with van der Waals surface area (Å²) in [5.41, 5.74) is 2.98. The number of carbonyl (C=O) groups excluding carboxylic acids is 1. The maximum atomic E-state index is 13.0. The maximum absolute atomic E-state index is 13.0. The number of amides is 1. The Kier molecular flexibility index (Phi) is 4.78. The van der Waals surface area contributed by atoms with Gasteiger partial charge in [0.05, 0.1) is 4.90 Å². The van der Waals surface area contributed by atoms with Crippen LogP contribution in [-0.2, 0) is 21.2 Å². The largest absolute Gasteiger partial charge is 0.312 e. The van der Waals surface area contributed by atoms with Gasteiger partial charge in [-0.2, -0.15) is 4.31 Å². The third kappa shape index (κ3) is 3.28. The summed E-state index contributed by atoms with van der Waals surface area (Å²) in [5.74, 6) is 0.0207. The molecule has 1 saturated heterocycles. The number of benzene rings is 2. The van der Waals surface area contributed by atoms with Crippen molar-refractivity contribution in [3.05, 3.63) is 59.7 Å². The van der Waals surface area contributed by atoms with E-state index in [9.17, 15) is 13.2 Å². The van der Waals surface area contributed by atoms with E-state index in [0.717, 1.165) is 24.2 Å². The van der Waals surface area contributed by atoms with Crippen LogP contribution >= 0.6 is 0 Å². The SMILES string of the molecule is Cc1ccccc1S(=O)(=O)N1CCC(C(=O)N2CCc3ccccc32)CC1. The molecule has 2 heterocycles. The van der Waals surface area contributed by atoms with Gasteiger partial charge in [0.1, 0.15) is 0 Å². The minimum atomic E-state index is -3.50. The van der Waals surface area contributed by atoms with Crippen molar-refractivity contribution in [3.8, 4) is 0 Å². The summed E-state index contributed by atoms with van der Waals surface area (Å²) in [6.07, 6.45) is 2.04. The molecule has 142 valence electrons. The zero-order valence-corrected chi connectivity index (χ0v) is 16.3. The molecule has 0 aliphatic carbocycles. The van der Waals surface area contributed by atoms with Gasteiger partial charge in [-0.15, -0.1) is 0 Å². The van der Waals surface area contributed by atoms with Gasteiger partial charge in [0.15, 0.2) is 0 Å². The van der Waals surface area contributed by atoms with Crippen molar-refractivity contribution in [2.75, 3.05) is 24.5 Å². The van der Waals surface area contributed by atoms with Gasteiger partial charge >= 0.3 is 0 Å². The molecule has 4 rings (SSSR count). The number of piperidine rings is 1. The van der Waals surface area contributed by atoms with Crippen molar-refractivity contribution >= 4 is 21.6 Å². The number of fused-ring (bicyclic) bond motifs is 1. The van der Waals surface area contributed by atoms with E-state index in [-0.39, 0.29) is 11.8 Å². The van der Waals surface area contributed by atoms with Crippen molar-refractivity contribution in [1.82, 2.24) is 4.31 Å². The molecule has 0 bridgehead atoms. The summed E-state index contributed by atoms with van der Waals surface area (Å²) in [5, 5.41) is 0. The fraction of sp³-hybridized carbons (Fsp3) is 0.381. The Morgan fingerprint density at radius 2 is 1.63 bits per heavy atom. The molecule has 0 aromatic heterocycles. The van der Waals surface area contributed by atoms with Crippen molar-refractivity contribution in [2.24, 2.45) is 5.92 Å². The second kappa shape index (κ2) is 7.09. The number of hydrogen-bond donors (Lipinski definition) is 0. The molecule has 27 heavy (non-hydrogen) atoms. The second-order valence-electron chi connectivity index (χ2n) is 7.31. The minimum Gasteiger partial charge on any atom is -0.312 e. The van der Waals surface area contributed by atoms with E-state index in [1.165, 1.54) is 9.87 Å². The maximum Gasteiger partial charge on any atom is 0.243 e. The highest BCUT2D eigenvalue weighted by Gasteiger charge is 2.36. The molecule has 2 aliphatic heterocycles. The molecule has 1 fully saturated rings. The Balaban J connectivity index is 1.45. The van der Waals surface area contributed by atoms with Crippen LogP contribution in [0.25, 0.3) is 0 Å². The molecule has 0 saturated carbocycles. The van der Waals surface area contributed by atoms with Gasteiger partial charge in [-0.3, -0.25) is 4.79 Å². The Morgan fingerprint density at radius 1 is 0.963 bits per heavy atom. The topological polar surface area (TPSA) is 57.7 Å². The molecule has 0 spiro atoms. The Morgan fingerprint density at radius 3 is 2.37 bits per heavy atom. The Bertz CT molecular complexity index is 963. The fourth-order valence-electron chi connectivity index (χ4n) is 4.12. The monoisotopic (exact) mass is 384 g/mol. The smallest absolute Gasteiger partial charge is 0.243 e. The first-order valence-electron chi connectivity index (χ1n) is 9.43. The van der Waals surface area contributed by atoms with Gasteiger partial charge < -0.3 is 4.90 Å². The Labute approximate surface area is 160 Å². The summed E-state index contributed by atoms with van der Waals surface area (Å²) in [4.78, 5) is 15.2. The molecule has 6 heteroatoms. The van der Waals surface area contributed by atoms with Crippen LogP contribution in [0.3, 0.4) is 0 Å². The lowest BCUT2D eigenvalue weighted by molar-refractivity contribution is -0.123. The molecule has 2 aromatic carbocycles. The zero-order chi connectivity index (χ0) is 19.0. The number of rotatable bonds is 3. The van der Waals surface area contributed by atoms with Crippen molar-refractivity contribution < 1.29 is 13.2 Å². The number of carbonyl (C=O) groups is 1. The van der Waals surface area contributed by atoms with Crippen LogP contribution in [0, 0.1) is 12.8 Å². The van der Waals surface area contributed by atoms with Gasteiger partial charge in [-0.25, -0.2) is 8.42 Å². The van der Waals surface area contributed by atoms with Crippen LogP contribution in [0.5, 0.6) is 0 Å². The molecule has 0 unspecified atom stereocenters. The van der Waals surface area contributed by atoms with E-state index in [0.29, 0.717) is 30.8 Å². The first-order chi connectivity index (χ1) is 13.0. The molecule has 0 radical (unpaired) electrons. The molecule has 0 N–H and O–H groups in total. The van der Waals surface area contributed by atoms with E-state index >= 15 is 0 Å². The van der Waals surface area contributed by atoms with Crippen LogP contribution in [0.2, 0.25) is 0 Å². The van der Waals surface area contributed by atoms with Crippen molar-refractivity contribution in [1.29, 1.82) is 0 Å². The quantitative estimate of drug-likeness (QED) is 0.817. The van der Waals surface area contributed by atoms with Gasteiger partial charge in [0.2, 0.25) is 15.9 Å². The first-order valence-corrected chi connectivity index (χ1v) is 10.9. The summed E-state index contributed by atoms with van der Waals surface area (Å²) in [6, 6.07) is 15.1. The van der Waals surface area contributed by atoms with Gasteiger partial charge in [-0.05, 0) is 49.4 Å². The lowest BCUT2D eigenvalue weighted by atomic mass is 9.96. The number of hydrogen-bond acceptors (Lipinski definition) is 3. The highest BCUT2D eigenvalue weighted by atomic mass is 32.2. The van der Waals surface area contributed by atoms with Gasteiger partial charge in [0.25, 0.3) is 0 Å². The highest BCUT2D eigenvalue weighted by molar-refractivity contribution is 7.89. The number of aryl methyl sites for hydroxylation is 1. The zero-order valence-electron chi connectivity index (χ0n) is 15.5. The predicted octanol–water partition coefficient (Wildman–Crippen LogP) is 2.99. The third-order valence-electron chi connectivity index (χ3n) is 5.67. The average Bonchev–Trinajstić information content (AvgIpc) is 3.12. The summed E-state index contributed by atoms with van der Waals surface area (Å²) >= 11 is 0. The average molecular weight is 385 g/mol. The fourth-order valence-corrected chi connectivity index (χ4v) is 5.81. The van der Waals surface area contributed by atoms with Crippen molar-refractivity contribution in [3.63, 3.8) is 0 Å². The molecule has 2 aromatic rings. The first kappa shape index (κ1) is 18.2. The van der Waals surface area contributed by atoms with E-state index in [1.54, 1.807) is 12.1 Å². The molecule has 0 atom stereocenters. The lowest BCUT2D eigenvalue weighted by Crippen LogP contribution is -2.44. The molecule has 5 nitrogen and oxygen atoms in total. The number of para-hydroxylation sites is 1. The summed E-state index contributed by atoms with van der Waals surface area (Å²) in [7, 11) is -3.50. The number of nitrogens with zero attached hydrogens (tertiary/aromatic N) is 2. The van der Waals surface area contributed by atoms with Crippen LogP contribution in [0.15, 0.2) is 53.4 Å². The molecular formula is C21H24N2O3S. The number of anilines is 1. The van der Waals surface area contributed by atoms with Crippen LogP contribution in [0.1, 0.15) is 24.0 Å². The van der Waals surface area contributed by atoms with Crippen LogP contribution in [-0.4, -0.2) is 38.3 Å². The van der Waals surface area contributed by atoms with Gasteiger partial charge in [-0.1, -0.05) is 36.4 Å². The van der Waals surface area contributed by atoms with E-state index < -0.39 is 10.0 Å². The highest BCUT2D eigenvalue weighted by Crippen LogP contribution is 2.32. The molecule has 2 aliphatic rings. The lowest BCUT2D eigenvalue weighted by Gasteiger charge is -2.33. The van der Waals surface area contributed by atoms with E-state index in [2.05, 4.69) is 6.07 Å². The van der Waals surface area contributed by atoms with Gasteiger partial charge in [0, 0.05) is 31.2 Å². The number of sulfonamides is 1. The normalized spacial score (nSPS) is 18.5.